The average Bonchev–Trinajstić information content (AvgIpc) is 2.94. The second-order valence-corrected chi connectivity index (χ2v) is 5.43. The molecule has 1 aliphatic rings. The molecular weight excluding hydrogens is 274 g/mol. The molecule has 8 heteroatoms. The molecule has 0 aliphatic carbocycles. The average molecular weight is 295 g/mol. The lowest BCUT2D eigenvalue weighted by atomic mass is 9.76. The molecule has 21 heavy (non-hydrogen) atoms. The second kappa shape index (κ2) is 6.21. The van der Waals surface area contributed by atoms with Crippen molar-refractivity contribution in [2.45, 2.75) is 39.3 Å². The number of aromatic nitrogens is 3. The van der Waals surface area contributed by atoms with Crippen LogP contribution in [0.25, 0.3) is 0 Å². The lowest BCUT2D eigenvalue weighted by Gasteiger charge is -2.38. The van der Waals surface area contributed by atoms with Crippen molar-refractivity contribution >= 4 is 11.9 Å². The number of amides is 1. The third-order valence-electron chi connectivity index (χ3n) is 4.30. The Morgan fingerprint density at radius 1 is 1.43 bits per heavy atom. The van der Waals surface area contributed by atoms with Gasteiger partial charge in [-0.1, -0.05) is 12.1 Å². The number of carboxylic acid groups (broad SMARTS) is 1. The summed E-state index contributed by atoms with van der Waals surface area (Å²) in [5, 5.41) is 17.0. The molecule has 2 rings (SSSR count). The molecule has 0 bridgehead atoms. The van der Waals surface area contributed by atoms with Crippen molar-refractivity contribution in [2.75, 3.05) is 13.1 Å². The highest BCUT2D eigenvalue weighted by Gasteiger charge is 2.40. The number of hydrogen-bond acceptors (Lipinski definition) is 5. The first-order valence-electron chi connectivity index (χ1n) is 7.11. The standard InChI is InChI=1S/C13H21N5O3/c1-2-13(12(20)21)3-5-17(6-4-13)11(19)9-18-8-10(7-14)15-16-18/h8H,2-7,9,14H2,1H3,(H,20,21). The molecule has 0 radical (unpaired) electrons. The van der Waals surface area contributed by atoms with E-state index >= 15 is 0 Å². The molecule has 1 aromatic rings. The Morgan fingerprint density at radius 3 is 2.57 bits per heavy atom. The summed E-state index contributed by atoms with van der Waals surface area (Å²) in [6.07, 6.45) is 3.23. The van der Waals surface area contributed by atoms with Gasteiger partial charge in [0.15, 0.2) is 0 Å². The first-order chi connectivity index (χ1) is 10.0. The van der Waals surface area contributed by atoms with Crippen LogP contribution in [0.5, 0.6) is 0 Å². The van der Waals surface area contributed by atoms with Crippen LogP contribution in [-0.2, 0) is 22.7 Å². The zero-order valence-electron chi connectivity index (χ0n) is 12.2. The fraction of sp³-hybridized carbons (Fsp3) is 0.692. The van der Waals surface area contributed by atoms with Crippen molar-refractivity contribution in [3.63, 3.8) is 0 Å². The number of likely N-dealkylation sites (tertiary alicyclic amines) is 1. The SMILES string of the molecule is CCC1(C(=O)O)CCN(C(=O)Cn2cc(CN)nn2)CC1. The van der Waals surface area contributed by atoms with E-state index in [0.717, 1.165) is 0 Å². The number of rotatable bonds is 5. The van der Waals surface area contributed by atoms with Gasteiger partial charge in [0, 0.05) is 19.6 Å². The number of nitrogens with zero attached hydrogens (tertiary/aromatic N) is 4. The first kappa shape index (κ1) is 15.4. The molecule has 116 valence electrons. The maximum Gasteiger partial charge on any atom is 0.309 e. The van der Waals surface area contributed by atoms with Crippen molar-refractivity contribution in [3.8, 4) is 0 Å². The number of carbonyl (C=O) groups is 2. The van der Waals surface area contributed by atoms with Gasteiger partial charge in [-0.3, -0.25) is 9.59 Å². The maximum absolute atomic E-state index is 12.2. The topological polar surface area (TPSA) is 114 Å². The number of piperidine rings is 1. The Morgan fingerprint density at radius 2 is 2.10 bits per heavy atom. The van der Waals surface area contributed by atoms with Crippen molar-refractivity contribution in [1.82, 2.24) is 19.9 Å². The van der Waals surface area contributed by atoms with Crippen LogP contribution in [0.4, 0.5) is 0 Å². The van der Waals surface area contributed by atoms with Gasteiger partial charge in [0.2, 0.25) is 5.91 Å². The van der Waals surface area contributed by atoms with E-state index in [2.05, 4.69) is 10.3 Å². The van der Waals surface area contributed by atoms with Gasteiger partial charge in [-0.2, -0.15) is 0 Å². The second-order valence-electron chi connectivity index (χ2n) is 5.43. The third kappa shape index (κ3) is 3.21. The monoisotopic (exact) mass is 295 g/mol. The molecule has 2 heterocycles. The van der Waals surface area contributed by atoms with Gasteiger partial charge in [0.05, 0.1) is 17.3 Å². The minimum Gasteiger partial charge on any atom is -0.481 e. The molecule has 1 aromatic heterocycles. The predicted molar refractivity (Wildman–Crippen MR) is 74.1 cm³/mol. The van der Waals surface area contributed by atoms with E-state index in [1.807, 2.05) is 6.92 Å². The van der Waals surface area contributed by atoms with E-state index in [-0.39, 0.29) is 19.0 Å². The summed E-state index contributed by atoms with van der Waals surface area (Å²) in [6, 6.07) is 0. The number of aliphatic carboxylic acids is 1. The highest BCUT2D eigenvalue weighted by atomic mass is 16.4. The number of carboxylic acids is 1. The summed E-state index contributed by atoms with van der Waals surface area (Å²) < 4.78 is 1.46. The summed E-state index contributed by atoms with van der Waals surface area (Å²) >= 11 is 0. The molecule has 8 nitrogen and oxygen atoms in total. The molecule has 1 amide bonds. The van der Waals surface area contributed by atoms with Crippen molar-refractivity contribution in [3.05, 3.63) is 11.9 Å². The summed E-state index contributed by atoms with van der Waals surface area (Å²) in [5.74, 6) is -0.834. The number of nitrogens with two attached hydrogens (primary N) is 1. The first-order valence-corrected chi connectivity index (χ1v) is 7.11. The number of hydrogen-bond donors (Lipinski definition) is 2. The van der Waals surface area contributed by atoms with E-state index in [0.29, 0.717) is 38.0 Å². The Kier molecular flexibility index (Phi) is 4.56. The molecule has 3 N–H and O–H groups in total. The normalized spacial score (nSPS) is 17.7. The summed E-state index contributed by atoms with van der Waals surface area (Å²) in [6.45, 7) is 3.22. The summed E-state index contributed by atoms with van der Waals surface area (Å²) in [4.78, 5) is 25.3. The van der Waals surface area contributed by atoms with E-state index in [1.54, 1.807) is 11.1 Å². The van der Waals surface area contributed by atoms with Crippen LogP contribution in [0.1, 0.15) is 31.9 Å². The highest BCUT2D eigenvalue weighted by Crippen LogP contribution is 2.35. The predicted octanol–water partition coefficient (Wildman–Crippen LogP) is -0.160. The van der Waals surface area contributed by atoms with Crippen LogP contribution < -0.4 is 5.73 Å². The molecule has 1 aliphatic heterocycles. The minimum atomic E-state index is -0.763. The quantitative estimate of drug-likeness (QED) is 0.780. The largest absolute Gasteiger partial charge is 0.481 e. The van der Waals surface area contributed by atoms with Crippen LogP contribution in [0.15, 0.2) is 6.20 Å². The van der Waals surface area contributed by atoms with E-state index in [1.165, 1.54) is 4.68 Å². The molecule has 1 fully saturated rings. The molecule has 0 spiro atoms. The van der Waals surface area contributed by atoms with Crippen molar-refractivity contribution in [2.24, 2.45) is 11.1 Å². The minimum absolute atomic E-state index is 0.0708. The highest BCUT2D eigenvalue weighted by molar-refractivity contribution is 5.78. The molecule has 0 unspecified atom stereocenters. The van der Waals surface area contributed by atoms with Gasteiger partial charge in [0.1, 0.15) is 6.54 Å². The van der Waals surface area contributed by atoms with Gasteiger partial charge in [-0.05, 0) is 19.3 Å². The Hall–Kier alpha value is -1.96. The Balaban J connectivity index is 1.92. The van der Waals surface area contributed by atoms with E-state index < -0.39 is 11.4 Å². The van der Waals surface area contributed by atoms with Crippen LogP contribution in [-0.4, -0.2) is 50.0 Å². The molecule has 0 saturated carbocycles. The van der Waals surface area contributed by atoms with Crippen LogP contribution in [0, 0.1) is 5.41 Å². The molecule has 1 saturated heterocycles. The van der Waals surface area contributed by atoms with Gasteiger partial charge in [0.25, 0.3) is 0 Å². The molecule has 0 aromatic carbocycles. The van der Waals surface area contributed by atoms with E-state index in [4.69, 9.17) is 5.73 Å². The lowest BCUT2D eigenvalue weighted by Crippen LogP contribution is -2.47. The van der Waals surface area contributed by atoms with Crippen LogP contribution >= 0.6 is 0 Å². The van der Waals surface area contributed by atoms with Crippen molar-refractivity contribution in [1.29, 1.82) is 0 Å². The fourth-order valence-corrected chi connectivity index (χ4v) is 2.65. The van der Waals surface area contributed by atoms with E-state index in [9.17, 15) is 14.7 Å². The molecule has 0 atom stereocenters. The van der Waals surface area contributed by atoms with Gasteiger partial charge < -0.3 is 15.7 Å². The fourth-order valence-electron chi connectivity index (χ4n) is 2.65. The number of carbonyl (C=O) groups excluding carboxylic acids is 1. The maximum atomic E-state index is 12.2. The lowest BCUT2D eigenvalue weighted by molar-refractivity contribution is -0.154. The summed E-state index contributed by atoms with van der Waals surface area (Å²) in [5.41, 5.74) is 5.40. The molecular formula is C13H21N5O3. The van der Waals surface area contributed by atoms with Crippen molar-refractivity contribution < 1.29 is 14.7 Å². The smallest absolute Gasteiger partial charge is 0.309 e. The zero-order valence-corrected chi connectivity index (χ0v) is 12.2. The Bertz CT molecular complexity index is 520. The van der Waals surface area contributed by atoms with Crippen LogP contribution in [0.2, 0.25) is 0 Å². The van der Waals surface area contributed by atoms with Gasteiger partial charge >= 0.3 is 5.97 Å². The van der Waals surface area contributed by atoms with Crippen LogP contribution in [0.3, 0.4) is 0 Å². The third-order valence-corrected chi connectivity index (χ3v) is 4.30. The zero-order chi connectivity index (χ0) is 15.5. The van der Waals surface area contributed by atoms with Gasteiger partial charge in [-0.25, -0.2) is 4.68 Å². The summed E-state index contributed by atoms with van der Waals surface area (Å²) in [7, 11) is 0. The Labute approximate surface area is 122 Å². The van der Waals surface area contributed by atoms with Gasteiger partial charge in [-0.15, -0.1) is 5.10 Å².